The fourth-order valence-electron chi connectivity index (χ4n) is 2.51. The first-order valence-corrected chi connectivity index (χ1v) is 6.76. The molecular weight excluding hydrogens is 228 g/mol. The van der Waals surface area contributed by atoms with Crippen molar-refractivity contribution in [1.82, 2.24) is 14.7 Å². The molecule has 0 radical (unpaired) electrons. The fourth-order valence-corrected chi connectivity index (χ4v) is 2.51. The quantitative estimate of drug-likeness (QED) is 0.741. The molecule has 1 unspecified atom stereocenters. The molecule has 0 aromatic rings. The number of piperidine rings is 1. The molecule has 1 atom stereocenters. The highest BCUT2D eigenvalue weighted by Gasteiger charge is 2.26. The Labute approximate surface area is 111 Å². The maximum Gasteiger partial charge on any atom is 0.223 e. The Bertz CT molecular complexity index is 260. The van der Waals surface area contributed by atoms with Crippen LogP contribution in [-0.2, 0) is 4.79 Å². The van der Waals surface area contributed by atoms with E-state index in [1.807, 2.05) is 0 Å². The highest BCUT2D eigenvalue weighted by molar-refractivity contribution is 5.76. The van der Waals surface area contributed by atoms with Gasteiger partial charge in [0.15, 0.2) is 0 Å². The van der Waals surface area contributed by atoms with E-state index in [4.69, 9.17) is 5.73 Å². The van der Waals surface area contributed by atoms with Crippen molar-refractivity contribution in [2.24, 2.45) is 5.73 Å². The normalized spacial score (nSPS) is 20.1. The van der Waals surface area contributed by atoms with Crippen LogP contribution in [-0.4, -0.2) is 80.5 Å². The lowest BCUT2D eigenvalue weighted by molar-refractivity contribution is -0.130. The summed E-state index contributed by atoms with van der Waals surface area (Å²) >= 11 is 0. The van der Waals surface area contributed by atoms with Crippen LogP contribution in [0.1, 0.15) is 19.3 Å². The van der Waals surface area contributed by atoms with Gasteiger partial charge in [0.05, 0.1) is 0 Å². The van der Waals surface area contributed by atoms with Gasteiger partial charge in [-0.05, 0) is 40.0 Å². The molecular formula is C13H28N4O. The average molecular weight is 256 g/mol. The average Bonchev–Trinajstić information content (AvgIpc) is 2.35. The van der Waals surface area contributed by atoms with E-state index in [-0.39, 0.29) is 11.9 Å². The van der Waals surface area contributed by atoms with Crippen LogP contribution in [0.5, 0.6) is 0 Å². The standard InChI is InChI=1S/C13H28N4O/c1-15(2)11-5-7-17(8-6-11)12(10-14)9-13(18)16(3)4/h11-12H,5-10,14H2,1-4H3. The minimum absolute atomic E-state index is 0.167. The van der Waals surface area contributed by atoms with E-state index in [0.29, 0.717) is 19.0 Å². The number of hydrogen-bond acceptors (Lipinski definition) is 4. The van der Waals surface area contributed by atoms with E-state index in [2.05, 4.69) is 23.9 Å². The molecule has 1 heterocycles. The smallest absolute Gasteiger partial charge is 0.223 e. The maximum atomic E-state index is 11.8. The first kappa shape index (κ1) is 15.4. The molecule has 0 aromatic heterocycles. The summed E-state index contributed by atoms with van der Waals surface area (Å²) in [5.74, 6) is 0.167. The molecule has 0 bridgehead atoms. The lowest BCUT2D eigenvalue weighted by Gasteiger charge is -2.39. The molecule has 5 heteroatoms. The van der Waals surface area contributed by atoms with Gasteiger partial charge in [0.25, 0.3) is 0 Å². The monoisotopic (exact) mass is 256 g/mol. The van der Waals surface area contributed by atoms with Gasteiger partial charge < -0.3 is 15.5 Å². The molecule has 1 amide bonds. The van der Waals surface area contributed by atoms with Crippen molar-refractivity contribution >= 4 is 5.91 Å². The van der Waals surface area contributed by atoms with Crippen LogP contribution in [0, 0.1) is 0 Å². The van der Waals surface area contributed by atoms with Crippen LogP contribution in [0.25, 0.3) is 0 Å². The van der Waals surface area contributed by atoms with E-state index in [1.54, 1.807) is 19.0 Å². The second-order valence-electron chi connectivity index (χ2n) is 5.61. The van der Waals surface area contributed by atoms with Gasteiger partial charge in [-0.25, -0.2) is 0 Å². The minimum Gasteiger partial charge on any atom is -0.349 e. The third-order valence-electron chi connectivity index (χ3n) is 3.93. The number of rotatable bonds is 5. The number of carbonyl (C=O) groups is 1. The van der Waals surface area contributed by atoms with Gasteiger partial charge >= 0.3 is 0 Å². The zero-order chi connectivity index (χ0) is 13.7. The molecule has 0 aromatic carbocycles. The molecule has 1 saturated heterocycles. The number of likely N-dealkylation sites (tertiary alicyclic amines) is 1. The molecule has 2 N–H and O–H groups in total. The molecule has 1 aliphatic rings. The van der Waals surface area contributed by atoms with E-state index in [0.717, 1.165) is 13.1 Å². The Morgan fingerprint density at radius 1 is 1.28 bits per heavy atom. The first-order chi connectivity index (χ1) is 8.45. The van der Waals surface area contributed by atoms with Gasteiger partial charge in [-0.2, -0.15) is 0 Å². The second kappa shape index (κ2) is 7.07. The summed E-state index contributed by atoms with van der Waals surface area (Å²) in [6, 6.07) is 0.868. The largest absolute Gasteiger partial charge is 0.349 e. The van der Waals surface area contributed by atoms with Gasteiger partial charge in [0.1, 0.15) is 0 Å². The van der Waals surface area contributed by atoms with Crippen LogP contribution >= 0.6 is 0 Å². The molecule has 0 aliphatic carbocycles. The van der Waals surface area contributed by atoms with Crippen LogP contribution in [0.15, 0.2) is 0 Å². The lowest BCUT2D eigenvalue weighted by atomic mass is 10.0. The van der Waals surface area contributed by atoms with E-state index in [9.17, 15) is 4.79 Å². The zero-order valence-corrected chi connectivity index (χ0v) is 12.2. The van der Waals surface area contributed by atoms with Crippen molar-refractivity contribution < 1.29 is 4.79 Å². The molecule has 1 rings (SSSR count). The Hall–Kier alpha value is -0.650. The van der Waals surface area contributed by atoms with Crippen LogP contribution in [0.2, 0.25) is 0 Å². The van der Waals surface area contributed by atoms with Gasteiger partial charge in [0, 0.05) is 39.1 Å². The zero-order valence-electron chi connectivity index (χ0n) is 12.2. The van der Waals surface area contributed by atoms with E-state index < -0.39 is 0 Å². The van der Waals surface area contributed by atoms with Crippen molar-refractivity contribution in [3.05, 3.63) is 0 Å². The Balaban J connectivity index is 2.45. The third-order valence-corrected chi connectivity index (χ3v) is 3.93. The maximum absolute atomic E-state index is 11.8. The summed E-state index contributed by atoms with van der Waals surface area (Å²) in [6.07, 6.45) is 2.87. The topological polar surface area (TPSA) is 52.8 Å². The fraction of sp³-hybridized carbons (Fsp3) is 0.923. The van der Waals surface area contributed by atoms with Gasteiger partial charge in [-0.1, -0.05) is 0 Å². The van der Waals surface area contributed by atoms with Gasteiger partial charge in [-0.15, -0.1) is 0 Å². The summed E-state index contributed by atoms with van der Waals surface area (Å²) in [4.78, 5) is 18.1. The van der Waals surface area contributed by atoms with Crippen LogP contribution in [0.3, 0.4) is 0 Å². The molecule has 1 aliphatic heterocycles. The summed E-state index contributed by atoms with van der Waals surface area (Å²) in [6.45, 7) is 2.66. The van der Waals surface area contributed by atoms with Gasteiger partial charge in [-0.3, -0.25) is 9.69 Å². The molecule has 1 fully saturated rings. The van der Waals surface area contributed by atoms with Crippen molar-refractivity contribution in [3.8, 4) is 0 Å². The predicted molar refractivity (Wildman–Crippen MR) is 74.4 cm³/mol. The van der Waals surface area contributed by atoms with Crippen LogP contribution < -0.4 is 5.73 Å². The first-order valence-electron chi connectivity index (χ1n) is 6.76. The molecule has 0 spiro atoms. The molecule has 106 valence electrons. The molecule has 18 heavy (non-hydrogen) atoms. The third kappa shape index (κ3) is 4.23. The van der Waals surface area contributed by atoms with Crippen molar-refractivity contribution in [1.29, 1.82) is 0 Å². The van der Waals surface area contributed by atoms with E-state index >= 15 is 0 Å². The Kier molecular flexibility index (Phi) is 6.05. The van der Waals surface area contributed by atoms with Crippen molar-refractivity contribution in [3.63, 3.8) is 0 Å². The summed E-state index contributed by atoms with van der Waals surface area (Å²) < 4.78 is 0. The highest BCUT2D eigenvalue weighted by Crippen LogP contribution is 2.17. The summed E-state index contributed by atoms with van der Waals surface area (Å²) in [5, 5.41) is 0. The Morgan fingerprint density at radius 3 is 2.22 bits per heavy atom. The Morgan fingerprint density at radius 2 is 1.83 bits per heavy atom. The van der Waals surface area contributed by atoms with Crippen molar-refractivity contribution in [2.45, 2.75) is 31.3 Å². The number of carbonyl (C=O) groups excluding carboxylic acids is 1. The molecule has 0 saturated carbocycles. The lowest BCUT2D eigenvalue weighted by Crippen LogP contribution is -2.50. The number of hydrogen-bond donors (Lipinski definition) is 1. The van der Waals surface area contributed by atoms with Gasteiger partial charge in [0.2, 0.25) is 5.91 Å². The summed E-state index contributed by atoms with van der Waals surface area (Å²) in [5.41, 5.74) is 5.82. The number of amides is 1. The van der Waals surface area contributed by atoms with E-state index in [1.165, 1.54) is 12.8 Å². The second-order valence-corrected chi connectivity index (χ2v) is 5.61. The highest BCUT2D eigenvalue weighted by atomic mass is 16.2. The predicted octanol–water partition coefficient (Wildman–Crippen LogP) is -0.182. The molecule has 5 nitrogen and oxygen atoms in total. The summed E-state index contributed by atoms with van der Waals surface area (Å²) in [7, 11) is 7.87. The van der Waals surface area contributed by atoms with Crippen LogP contribution in [0.4, 0.5) is 0 Å². The van der Waals surface area contributed by atoms with Crippen molar-refractivity contribution in [2.75, 3.05) is 47.8 Å². The number of nitrogens with zero attached hydrogens (tertiary/aromatic N) is 3. The SMILES string of the molecule is CN(C)C(=O)CC(CN)N1CCC(N(C)C)CC1. The minimum atomic E-state index is 0.167. The number of nitrogens with two attached hydrogens (primary N) is 1.